The molecule has 0 amide bonds. The molecule has 3 nitrogen and oxygen atoms in total. The smallest absolute Gasteiger partial charge is 0.161 e. The van der Waals surface area contributed by atoms with E-state index in [4.69, 9.17) is 15.2 Å². The lowest BCUT2D eigenvalue weighted by atomic mass is 9.90. The molecule has 0 spiro atoms. The van der Waals surface area contributed by atoms with Crippen LogP contribution in [0.1, 0.15) is 42.0 Å². The molecule has 2 N–H and O–H groups in total. The van der Waals surface area contributed by atoms with Crippen molar-refractivity contribution < 1.29 is 9.47 Å². The molecule has 3 heteroatoms. The zero-order chi connectivity index (χ0) is 18.4. The first kappa shape index (κ1) is 19.3. The Kier molecular flexibility index (Phi) is 6.89. The van der Waals surface area contributed by atoms with Crippen LogP contribution in [0, 0.1) is 19.8 Å². The van der Waals surface area contributed by atoms with Crippen LogP contribution in [0.25, 0.3) is 0 Å². The van der Waals surface area contributed by atoms with E-state index in [-0.39, 0.29) is 0 Å². The number of benzene rings is 2. The molecule has 0 fully saturated rings. The van der Waals surface area contributed by atoms with Gasteiger partial charge in [-0.05, 0) is 56.0 Å². The van der Waals surface area contributed by atoms with Gasteiger partial charge >= 0.3 is 0 Å². The normalized spacial score (nSPS) is 12.3. The molecule has 0 heterocycles. The lowest BCUT2D eigenvalue weighted by Crippen LogP contribution is -2.15. The van der Waals surface area contributed by atoms with E-state index >= 15 is 0 Å². The number of aryl methyl sites for hydroxylation is 2. The van der Waals surface area contributed by atoms with Crippen molar-refractivity contribution in [2.75, 3.05) is 20.3 Å². The van der Waals surface area contributed by atoms with Gasteiger partial charge in [-0.25, -0.2) is 0 Å². The van der Waals surface area contributed by atoms with E-state index in [1.54, 1.807) is 7.11 Å². The van der Waals surface area contributed by atoms with Crippen molar-refractivity contribution >= 4 is 0 Å². The zero-order valence-electron chi connectivity index (χ0n) is 16.1. The summed E-state index contributed by atoms with van der Waals surface area (Å²) in [6, 6.07) is 12.9. The fraction of sp³-hybridized carbons (Fsp3) is 0.455. The second kappa shape index (κ2) is 8.91. The maximum absolute atomic E-state index is 6.08. The monoisotopic (exact) mass is 341 g/mol. The summed E-state index contributed by atoms with van der Waals surface area (Å²) in [5.74, 6) is 2.37. The Bertz CT molecular complexity index is 674. The Hall–Kier alpha value is -2.00. The molecular formula is C22H31NO2. The van der Waals surface area contributed by atoms with E-state index in [0.717, 1.165) is 17.9 Å². The molecule has 0 aromatic heterocycles. The summed E-state index contributed by atoms with van der Waals surface area (Å²) in [7, 11) is 1.69. The molecule has 1 atom stereocenters. The number of nitrogens with two attached hydrogens (primary N) is 1. The molecule has 0 aliphatic heterocycles. The van der Waals surface area contributed by atoms with Crippen LogP contribution in [0.4, 0.5) is 0 Å². The van der Waals surface area contributed by atoms with Gasteiger partial charge in [0.15, 0.2) is 11.5 Å². The first-order chi connectivity index (χ1) is 11.9. The summed E-state index contributed by atoms with van der Waals surface area (Å²) in [6.45, 7) is 9.84. The minimum atomic E-state index is 0.297. The fourth-order valence-corrected chi connectivity index (χ4v) is 3.08. The predicted octanol–water partition coefficient (Wildman–Crippen LogP) is 4.63. The third kappa shape index (κ3) is 5.50. The second-order valence-corrected chi connectivity index (χ2v) is 7.25. The SMILES string of the molecule is COc1cc(CC(CN)c2cc(C)cc(C)c2)ccc1OCC(C)C. The van der Waals surface area contributed by atoms with Crippen molar-refractivity contribution in [3.63, 3.8) is 0 Å². The zero-order valence-corrected chi connectivity index (χ0v) is 16.1. The van der Waals surface area contributed by atoms with Crippen LogP contribution in [-0.2, 0) is 6.42 Å². The van der Waals surface area contributed by atoms with Crippen molar-refractivity contribution in [1.82, 2.24) is 0 Å². The van der Waals surface area contributed by atoms with E-state index < -0.39 is 0 Å². The molecule has 2 rings (SSSR count). The van der Waals surface area contributed by atoms with Gasteiger partial charge in [-0.1, -0.05) is 49.2 Å². The highest BCUT2D eigenvalue weighted by atomic mass is 16.5. The Morgan fingerprint density at radius 2 is 1.64 bits per heavy atom. The van der Waals surface area contributed by atoms with Gasteiger partial charge in [-0.15, -0.1) is 0 Å². The maximum Gasteiger partial charge on any atom is 0.161 e. The van der Waals surface area contributed by atoms with Gasteiger partial charge in [-0.3, -0.25) is 0 Å². The van der Waals surface area contributed by atoms with Crippen molar-refractivity contribution in [2.45, 2.75) is 40.0 Å². The van der Waals surface area contributed by atoms with Gasteiger partial charge in [0.25, 0.3) is 0 Å². The number of ether oxygens (including phenoxy) is 2. The molecule has 0 radical (unpaired) electrons. The first-order valence-electron chi connectivity index (χ1n) is 9.01. The van der Waals surface area contributed by atoms with Crippen LogP contribution < -0.4 is 15.2 Å². The van der Waals surface area contributed by atoms with Gasteiger partial charge < -0.3 is 15.2 Å². The molecule has 0 aliphatic rings. The summed E-state index contributed by atoms with van der Waals surface area (Å²) in [4.78, 5) is 0. The number of rotatable bonds is 8. The third-order valence-corrected chi connectivity index (χ3v) is 4.28. The standard InChI is InChI=1S/C22H31NO2/c1-15(2)14-25-21-7-6-18(12-22(21)24-5)11-20(13-23)19-9-16(3)8-17(4)10-19/h6-10,12,15,20H,11,13-14,23H2,1-5H3. The van der Waals surface area contributed by atoms with E-state index in [1.807, 2.05) is 6.07 Å². The Morgan fingerprint density at radius 1 is 0.960 bits per heavy atom. The van der Waals surface area contributed by atoms with Crippen molar-refractivity contribution in [3.8, 4) is 11.5 Å². The average Bonchev–Trinajstić information content (AvgIpc) is 2.57. The fourth-order valence-electron chi connectivity index (χ4n) is 3.08. The van der Waals surface area contributed by atoms with Crippen LogP contribution in [0.3, 0.4) is 0 Å². The first-order valence-corrected chi connectivity index (χ1v) is 9.01. The number of hydrogen-bond donors (Lipinski definition) is 1. The Balaban J connectivity index is 2.19. The molecule has 0 saturated heterocycles. The van der Waals surface area contributed by atoms with Gasteiger partial charge in [0.05, 0.1) is 13.7 Å². The van der Waals surface area contributed by atoms with Crippen LogP contribution in [0.2, 0.25) is 0 Å². The van der Waals surface area contributed by atoms with Crippen LogP contribution in [0.15, 0.2) is 36.4 Å². The van der Waals surface area contributed by atoms with Gasteiger partial charge in [0, 0.05) is 5.92 Å². The van der Waals surface area contributed by atoms with Crippen LogP contribution in [0.5, 0.6) is 11.5 Å². The van der Waals surface area contributed by atoms with Gasteiger partial charge in [-0.2, -0.15) is 0 Å². The average molecular weight is 341 g/mol. The number of hydrogen-bond acceptors (Lipinski definition) is 3. The molecule has 25 heavy (non-hydrogen) atoms. The Labute approximate surface area is 152 Å². The second-order valence-electron chi connectivity index (χ2n) is 7.25. The summed E-state index contributed by atoms with van der Waals surface area (Å²) in [5.41, 5.74) is 11.2. The quantitative estimate of drug-likeness (QED) is 0.761. The molecule has 136 valence electrons. The van der Waals surface area contributed by atoms with E-state index in [1.165, 1.54) is 22.3 Å². The van der Waals surface area contributed by atoms with Gasteiger partial charge in [0.2, 0.25) is 0 Å². The highest BCUT2D eigenvalue weighted by Gasteiger charge is 2.14. The largest absolute Gasteiger partial charge is 0.493 e. The predicted molar refractivity (Wildman–Crippen MR) is 105 cm³/mol. The molecule has 2 aromatic rings. The number of methoxy groups -OCH3 is 1. The summed E-state index contributed by atoms with van der Waals surface area (Å²) >= 11 is 0. The third-order valence-electron chi connectivity index (χ3n) is 4.28. The van der Waals surface area contributed by atoms with Crippen molar-refractivity contribution in [2.24, 2.45) is 11.7 Å². The van der Waals surface area contributed by atoms with Gasteiger partial charge in [0.1, 0.15) is 0 Å². The van der Waals surface area contributed by atoms with E-state index in [0.29, 0.717) is 25.0 Å². The minimum Gasteiger partial charge on any atom is -0.493 e. The minimum absolute atomic E-state index is 0.297. The Morgan fingerprint density at radius 3 is 2.20 bits per heavy atom. The molecular weight excluding hydrogens is 310 g/mol. The highest BCUT2D eigenvalue weighted by Crippen LogP contribution is 2.31. The van der Waals surface area contributed by atoms with Crippen LogP contribution >= 0.6 is 0 Å². The van der Waals surface area contributed by atoms with Crippen LogP contribution in [-0.4, -0.2) is 20.3 Å². The summed E-state index contributed by atoms with van der Waals surface area (Å²) in [6.07, 6.45) is 0.889. The van der Waals surface area contributed by atoms with E-state index in [9.17, 15) is 0 Å². The molecule has 0 saturated carbocycles. The molecule has 1 unspecified atom stereocenters. The van der Waals surface area contributed by atoms with Crippen molar-refractivity contribution in [1.29, 1.82) is 0 Å². The topological polar surface area (TPSA) is 44.5 Å². The summed E-state index contributed by atoms with van der Waals surface area (Å²) in [5, 5.41) is 0. The molecule has 0 bridgehead atoms. The van der Waals surface area contributed by atoms with E-state index in [2.05, 4.69) is 58.0 Å². The maximum atomic E-state index is 6.08. The lowest BCUT2D eigenvalue weighted by molar-refractivity contribution is 0.256. The highest BCUT2D eigenvalue weighted by molar-refractivity contribution is 5.44. The molecule has 0 aliphatic carbocycles. The van der Waals surface area contributed by atoms with Crippen molar-refractivity contribution in [3.05, 3.63) is 58.7 Å². The summed E-state index contributed by atoms with van der Waals surface area (Å²) < 4.78 is 11.4. The lowest BCUT2D eigenvalue weighted by Gasteiger charge is -2.18. The molecule has 2 aromatic carbocycles.